The molecule has 5 heteroatoms. The molecule has 0 saturated carbocycles. The van der Waals surface area contributed by atoms with Crippen LogP contribution in [0.25, 0.3) is 0 Å². The van der Waals surface area contributed by atoms with Crippen LogP contribution in [0.5, 0.6) is 5.75 Å². The van der Waals surface area contributed by atoms with Gasteiger partial charge in [-0.25, -0.2) is 4.39 Å². The average Bonchev–Trinajstić information content (AvgIpc) is 2.46. The number of amides is 1. The van der Waals surface area contributed by atoms with E-state index < -0.39 is 5.82 Å². The summed E-state index contributed by atoms with van der Waals surface area (Å²) in [6.07, 6.45) is 0. The number of benzene rings is 2. The SMILES string of the molecule is COc1ccc(C(=O)NCc2ccc(Cl)cc2)cc1F. The smallest absolute Gasteiger partial charge is 0.251 e. The Balaban J connectivity index is 2.01. The van der Waals surface area contributed by atoms with Crippen molar-refractivity contribution in [3.05, 3.63) is 64.4 Å². The summed E-state index contributed by atoms with van der Waals surface area (Å²) in [7, 11) is 1.37. The van der Waals surface area contributed by atoms with Crippen molar-refractivity contribution in [2.75, 3.05) is 7.11 Å². The van der Waals surface area contributed by atoms with Gasteiger partial charge in [-0.3, -0.25) is 4.79 Å². The highest BCUT2D eigenvalue weighted by Crippen LogP contribution is 2.17. The first kappa shape index (κ1) is 14.3. The van der Waals surface area contributed by atoms with E-state index >= 15 is 0 Å². The maximum atomic E-state index is 13.5. The molecule has 0 saturated heterocycles. The Morgan fingerprint density at radius 1 is 1.25 bits per heavy atom. The number of halogens is 2. The topological polar surface area (TPSA) is 38.3 Å². The molecule has 2 aromatic carbocycles. The van der Waals surface area contributed by atoms with Gasteiger partial charge in [0.25, 0.3) is 5.91 Å². The summed E-state index contributed by atoms with van der Waals surface area (Å²) in [5.41, 5.74) is 1.16. The maximum absolute atomic E-state index is 13.5. The number of hydrogen-bond acceptors (Lipinski definition) is 2. The van der Waals surface area contributed by atoms with Gasteiger partial charge in [0.15, 0.2) is 11.6 Å². The summed E-state index contributed by atoms with van der Waals surface area (Å²) in [6, 6.07) is 11.2. The van der Waals surface area contributed by atoms with Gasteiger partial charge in [0.2, 0.25) is 0 Å². The molecule has 0 spiro atoms. The summed E-state index contributed by atoms with van der Waals surface area (Å²) in [5.74, 6) is -0.799. The molecule has 0 fully saturated rings. The van der Waals surface area contributed by atoms with Crippen LogP contribution in [0.2, 0.25) is 5.02 Å². The van der Waals surface area contributed by atoms with Gasteiger partial charge in [-0.2, -0.15) is 0 Å². The fourth-order valence-electron chi connectivity index (χ4n) is 1.69. The molecule has 0 bridgehead atoms. The third-order valence-corrected chi connectivity index (χ3v) is 3.03. The Kier molecular flexibility index (Phi) is 4.58. The van der Waals surface area contributed by atoms with Crippen LogP contribution in [0, 0.1) is 5.82 Å². The lowest BCUT2D eigenvalue weighted by atomic mass is 10.2. The molecule has 0 radical (unpaired) electrons. The van der Waals surface area contributed by atoms with Gasteiger partial charge >= 0.3 is 0 Å². The molecule has 1 amide bonds. The number of nitrogens with one attached hydrogen (secondary N) is 1. The summed E-state index contributed by atoms with van der Waals surface area (Å²) >= 11 is 5.78. The van der Waals surface area contributed by atoms with E-state index in [1.807, 2.05) is 12.1 Å². The molecule has 0 heterocycles. The van der Waals surface area contributed by atoms with Crippen LogP contribution >= 0.6 is 11.6 Å². The van der Waals surface area contributed by atoms with Crippen LogP contribution in [0.4, 0.5) is 4.39 Å². The number of carbonyl (C=O) groups is 1. The first-order valence-electron chi connectivity index (χ1n) is 5.96. The molecule has 0 aliphatic heterocycles. The van der Waals surface area contributed by atoms with Crippen LogP contribution in [0.1, 0.15) is 15.9 Å². The Bertz CT molecular complexity index is 614. The zero-order valence-electron chi connectivity index (χ0n) is 10.8. The van der Waals surface area contributed by atoms with E-state index in [-0.39, 0.29) is 17.2 Å². The zero-order chi connectivity index (χ0) is 14.5. The first-order valence-corrected chi connectivity index (χ1v) is 6.34. The highest BCUT2D eigenvalue weighted by Gasteiger charge is 2.09. The lowest BCUT2D eigenvalue weighted by Gasteiger charge is -2.07. The van der Waals surface area contributed by atoms with Gasteiger partial charge in [-0.15, -0.1) is 0 Å². The first-order chi connectivity index (χ1) is 9.60. The fourth-order valence-corrected chi connectivity index (χ4v) is 1.82. The van der Waals surface area contributed by atoms with E-state index in [4.69, 9.17) is 16.3 Å². The molecule has 0 aliphatic carbocycles. The van der Waals surface area contributed by atoms with Crippen LogP contribution < -0.4 is 10.1 Å². The molecule has 0 unspecified atom stereocenters. The van der Waals surface area contributed by atoms with E-state index in [0.717, 1.165) is 11.6 Å². The van der Waals surface area contributed by atoms with Gasteiger partial charge in [0, 0.05) is 17.1 Å². The van der Waals surface area contributed by atoms with E-state index in [1.165, 1.54) is 19.2 Å². The molecule has 0 aromatic heterocycles. The minimum absolute atomic E-state index is 0.110. The maximum Gasteiger partial charge on any atom is 0.251 e. The summed E-state index contributed by atoms with van der Waals surface area (Å²) < 4.78 is 18.3. The van der Waals surface area contributed by atoms with Gasteiger partial charge in [-0.1, -0.05) is 23.7 Å². The highest BCUT2D eigenvalue weighted by atomic mass is 35.5. The predicted octanol–water partition coefficient (Wildman–Crippen LogP) is 3.42. The molecule has 0 aliphatic rings. The quantitative estimate of drug-likeness (QED) is 0.938. The van der Waals surface area contributed by atoms with Crippen molar-refractivity contribution in [1.82, 2.24) is 5.32 Å². The van der Waals surface area contributed by atoms with E-state index in [0.29, 0.717) is 11.6 Å². The van der Waals surface area contributed by atoms with Crippen molar-refractivity contribution in [3.63, 3.8) is 0 Å². The lowest BCUT2D eigenvalue weighted by molar-refractivity contribution is 0.0950. The Hall–Kier alpha value is -2.07. The lowest BCUT2D eigenvalue weighted by Crippen LogP contribution is -2.22. The fraction of sp³-hybridized carbons (Fsp3) is 0.133. The molecule has 0 atom stereocenters. The normalized spacial score (nSPS) is 10.2. The zero-order valence-corrected chi connectivity index (χ0v) is 11.6. The summed E-state index contributed by atoms with van der Waals surface area (Å²) in [4.78, 5) is 11.9. The Morgan fingerprint density at radius 3 is 2.55 bits per heavy atom. The second kappa shape index (κ2) is 6.39. The van der Waals surface area contributed by atoms with Crippen molar-refractivity contribution < 1.29 is 13.9 Å². The minimum Gasteiger partial charge on any atom is -0.494 e. The number of methoxy groups -OCH3 is 1. The number of carbonyl (C=O) groups excluding carboxylic acids is 1. The van der Waals surface area contributed by atoms with Crippen molar-refractivity contribution in [1.29, 1.82) is 0 Å². The van der Waals surface area contributed by atoms with E-state index in [1.54, 1.807) is 12.1 Å². The van der Waals surface area contributed by atoms with Gasteiger partial charge in [0.05, 0.1) is 7.11 Å². The predicted molar refractivity (Wildman–Crippen MR) is 75.6 cm³/mol. The van der Waals surface area contributed by atoms with Crippen molar-refractivity contribution in [3.8, 4) is 5.75 Å². The third-order valence-electron chi connectivity index (χ3n) is 2.78. The van der Waals surface area contributed by atoms with Crippen LogP contribution in [-0.4, -0.2) is 13.0 Å². The number of hydrogen-bond donors (Lipinski definition) is 1. The van der Waals surface area contributed by atoms with Crippen molar-refractivity contribution in [2.45, 2.75) is 6.54 Å². The summed E-state index contributed by atoms with van der Waals surface area (Å²) in [6.45, 7) is 0.351. The van der Waals surface area contributed by atoms with Crippen LogP contribution in [0.15, 0.2) is 42.5 Å². The molecule has 2 aromatic rings. The van der Waals surface area contributed by atoms with Crippen LogP contribution in [0.3, 0.4) is 0 Å². The standard InChI is InChI=1S/C15H13ClFNO2/c1-20-14-7-4-11(8-13(14)17)15(19)18-9-10-2-5-12(16)6-3-10/h2-8H,9H2,1H3,(H,18,19). The van der Waals surface area contributed by atoms with Gasteiger partial charge < -0.3 is 10.1 Å². The second-order valence-corrected chi connectivity index (χ2v) is 4.59. The van der Waals surface area contributed by atoms with E-state index in [9.17, 15) is 9.18 Å². The number of rotatable bonds is 4. The van der Waals surface area contributed by atoms with Crippen molar-refractivity contribution >= 4 is 17.5 Å². The molecular weight excluding hydrogens is 281 g/mol. The average molecular weight is 294 g/mol. The number of ether oxygens (including phenoxy) is 1. The third kappa shape index (κ3) is 3.48. The second-order valence-electron chi connectivity index (χ2n) is 4.16. The molecule has 1 N–H and O–H groups in total. The van der Waals surface area contributed by atoms with Gasteiger partial charge in [-0.05, 0) is 35.9 Å². The molecule has 20 heavy (non-hydrogen) atoms. The monoisotopic (exact) mass is 293 g/mol. The summed E-state index contributed by atoms with van der Waals surface area (Å²) in [5, 5.41) is 3.35. The molecule has 2 rings (SSSR count). The van der Waals surface area contributed by atoms with Crippen LogP contribution in [-0.2, 0) is 6.54 Å². The molecule has 104 valence electrons. The minimum atomic E-state index is -0.563. The largest absolute Gasteiger partial charge is 0.494 e. The van der Waals surface area contributed by atoms with Gasteiger partial charge in [0.1, 0.15) is 0 Å². The Labute approximate surface area is 121 Å². The van der Waals surface area contributed by atoms with E-state index in [2.05, 4.69) is 5.32 Å². The Morgan fingerprint density at radius 2 is 1.95 bits per heavy atom. The molecule has 3 nitrogen and oxygen atoms in total. The molecular formula is C15H13ClFNO2. The van der Waals surface area contributed by atoms with Crippen molar-refractivity contribution in [2.24, 2.45) is 0 Å². The highest BCUT2D eigenvalue weighted by molar-refractivity contribution is 6.30.